The fourth-order valence-electron chi connectivity index (χ4n) is 3.00. The van der Waals surface area contributed by atoms with E-state index in [1.165, 1.54) is 0 Å². The molecule has 0 bridgehead atoms. The number of hydrogen-bond acceptors (Lipinski definition) is 4. The number of ether oxygens (including phenoxy) is 1. The first-order valence-electron chi connectivity index (χ1n) is 10.3. The Balaban J connectivity index is 1.56. The van der Waals surface area contributed by atoms with Crippen LogP contribution in [0.3, 0.4) is 0 Å². The summed E-state index contributed by atoms with van der Waals surface area (Å²) in [5.74, 6) is -0.00873. The van der Waals surface area contributed by atoms with E-state index in [9.17, 15) is 9.59 Å². The van der Waals surface area contributed by atoms with Crippen molar-refractivity contribution in [3.63, 3.8) is 0 Å². The first-order chi connectivity index (χ1) is 15.6. The quantitative estimate of drug-likeness (QED) is 0.452. The minimum absolute atomic E-state index is 0.140. The van der Waals surface area contributed by atoms with Gasteiger partial charge in [-0.05, 0) is 61.1 Å². The lowest BCUT2D eigenvalue weighted by Gasteiger charge is -2.13. The van der Waals surface area contributed by atoms with Crippen LogP contribution < -0.4 is 20.7 Å². The zero-order valence-electron chi connectivity index (χ0n) is 17.8. The highest BCUT2D eigenvalue weighted by atomic mass is 32.1. The summed E-state index contributed by atoms with van der Waals surface area (Å²) in [5.41, 5.74) is 2.78. The zero-order chi connectivity index (χ0) is 22.8. The van der Waals surface area contributed by atoms with E-state index in [4.69, 9.17) is 17.0 Å². The molecule has 2 amide bonds. The Bertz CT molecular complexity index is 1070. The average molecular weight is 448 g/mol. The molecule has 0 saturated carbocycles. The first kappa shape index (κ1) is 23.0. The molecule has 0 unspecified atom stereocenters. The van der Waals surface area contributed by atoms with Gasteiger partial charge < -0.3 is 15.4 Å². The van der Waals surface area contributed by atoms with Gasteiger partial charge in [0.15, 0.2) is 5.11 Å². The van der Waals surface area contributed by atoms with Gasteiger partial charge in [0.1, 0.15) is 5.75 Å². The van der Waals surface area contributed by atoms with Crippen molar-refractivity contribution in [2.45, 2.75) is 13.3 Å². The van der Waals surface area contributed by atoms with Gasteiger partial charge >= 0.3 is 0 Å². The molecule has 0 radical (unpaired) electrons. The predicted octanol–water partition coefficient (Wildman–Crippen LogP) is 4.18. The van der Waals surface area contributed by atoms with Gasteiger partial charge in [-0.1, -0.05) is 42.5 Å². The molecular formula is C25H25N3O3S. The number of thiocarbonyl (C=S) groups is 1. The Hall–Kier alpha value is -3.71. The van der Waals surface area contributed by atoms with Crippen LogP contribution in [0.2, 0.25) is 0 Å². The third-order valence-corrected chi connectivity index (χ3v) is 4.80. The lowest BCUT2D eigenvalue weighted by Crippen LogP contribution is -2.34. The molecule has 0 spiro atoms. The Morgan fingerprint density at radius 1 is 0.875 bits per heavy atom. The summed E-state index contributed by atoms with van der Waals surface area (Å²) in [5, 5.41) is 8.52. The van der Waals surface area contributed by atoms with E-state index in [1.807, 2.05) is 43.3 Å². The van der Waals surface area contributed by atoms with Gasteiger partial charge in [0.05, 0.1) is 12.2 Å². The van der Waals surface area contributed by atoms with Crippen molar-refractivity contribution in [3.05, 3.63) is 95.6 Å². The Morgan fingerprint density at radius 2 is 1.56 bits per heavy atom. The van der Waals surface area contributed by atoms with Crippen LogP contribution in [0.1, 0.15) is 33.2 Å². The van der Waals surface area contributed by atoms with E-state index in [-0.39, 0.29) is 16.9 Å². The molecule has 0 heterocycles. The average Bonchev–Trinajstić information content (AvgIpc) is 2.80. The van der Waals surface area contributed by atoms with E-state index < -0.39 is 0 Å². The SMILES string of the molecule is CCNC(=O)c1ccc(NC(=S)NC(=O)c2ccccc2OCCc2ccccc2)cc1. The van der Waals surface area contributed by atoms with Crippen LogP contribution >= 0.6 is 12.2 Å². The number of amides is 2. The summed E-state index contributed by atoms with van der Waals surface area (Å²) < 4.78 is 5.86. The highest BCUT2D eigenvalue weighted by Gasteiger charge is 2.14. The van der Waals surface area contributed by atoms with Crippen LogP contribution in [0.5, 0.6) is 5.75 Å². The van der Waals surface area contributed by atoms with Crippen LogP contribution in [0.4, 0.5) is 5.69 Å². The largest absolute Gasteiger partial charge is 0.492 e. The van der Waals surface area contributed by atoms with Gasteiger partial charge in [0.25, 0.3) is 11.8 Å². The first-order valence-corrected chi connectivity index (χ1v) is 10.7. The van der Waals surface area contributed by atoms with E-state index in [0.29, 0.717) is 35.7 Å². The summed E-state index contributed by atoms with van der Waals surface area (Å²) >= 11 is 5.27. The van der Waals surface area contributed by atoms with Crippen LogP contribution in [0.25, 0.3) is 0 Å². The number of para-hydroxylation sites is 1. The second-order valence-corrected chi connectivity index (χ2v) is 7.33. The van der Waals surface area contributed by atoms with Crippen molar-refractivity contribution >= 4 is 34.8 Å². The molecular weight excluding hydrogens is 422 g/mol. The second kappa shape index (κ2) is 11.6. The molecule has 0 aliphatic carbocycles. The number of carbonyl (C=O) groups is 2. The van der Waals surface area contributed by atoms with Crippen molar-refractivity contribution in [1.29, 1.82) is 0 Å². The molecule has 3 aromatic carbocycles. The second-order valence-electron chi connectivity index (χ2n) is 6.93. The molecule has 0 aliphatic heterocycles. The number of anilines is 1. The lowest BCUT2D eigenvalue weighted by molar-refractivity contribution is 0.0952. The zero-order valence-corrected chi connectivity index (χ0v) is 18.6. The monoisotopic (exact) mass is 447 g/mol. The summed E-state index contributed by atoms with van der Waals surface area (Å²) in [6.07, 6.45) is 0.739. The molecule has 32 heavy (non-hydrogen) atoms. The molecule has 7 heteroatoms. The van der Waals surface area contributed by atoms with Gasteiger partial charge in [-0.3, -0.25) is 14.9 Å². The molecule has 0 aliphatic rings. The normalized spacial score (nSPS) is 10.2. The number of hydrogen-bond donors (Lipinski definition) is 3. The third-order valence-electron chi connectivity index (χ3n) is 4.59. The predicted molar refractivity (Wildman–Crippen MR) is 130 cm³/mol. The number of carbonyl (C=O) groups excluding carboxylic acids is 2. The van der Waals surface area contributed by atoms with Crippen molar-refractivity contribution in [2.24, 2.45) is 0 Å². The van der Waals surface area contributed by atoms with Gasteiger partial charge in [0.2, 0.25) is 0 Å². The topological polar surface area (TPSA) is 79.5 Å². The maximum absolute atomic E-state index is 12.7. The van der Waals surface area contributed by atoms with Crippen molar-refractivity contribution in [1.82, 2.24) is 10.6 Å². The van der Waals surface area contributed by atoms with E-state index in [2.05, 4.69) is 16.0 Å². The van der Waals surface area contributed by atoms with E-state index >= 15 is 0 Å². The van der Waals surface area contributed by atoms with Crippen LogP contribution in [0, 0.1) is 0 Å². The van der Waals surface area contributed by atoms with Crippen LogP contribution in [-0.4, -0.2) is 30.1 Å². The van der Waals surface area contributed by atoms with E-state index in [1.54, 1.807) is 42.5 Å². The van der Waals surface area contributed by atoms with Gasteiger partial charge in [-0.25, -0.2) is 0 Å². The third kappa shape index (κ3) is 6.65. The Morgan fingerprint density at radius 3 is 2.28 bits per heavy atom. The Labute approximate surface area is 193 Å². The highest BCUT2D eigenvalue weighted by Crippen LogP contribution is 2.18. The summed E-state index contributed by atoms with van der Waals surface area (Å²) in [6, 6.07) is 23.9. The molecule has 6 nitrogen and oxygen atoms in total. The van der Waals surface area contributed by atoms with Gasteiger partial charge in [-0.2, -0.15) is 0 Å². The summed E-state index contributed by atoms with van der Waals surface area (Å²) in [6.45, 7) is 2.88. The van der Waals surface area contributed by atoms with E-state index in [0.717, 1.165) is 12.0 Å². The smallest absolute Gasteiger partial charge is 0.261 e. The molecule has 0 saturated heterocycles. The van der Waals surface area contributed by atoms with Crippen molar-refractivity contribution < 1.29 is 14.3 Å². The fourth-order valence-corrected chi connectivity index (χ4v) is 3.21. The maximum atomic E-state index is 12.7. The van der Waals surface area contributed by atoms with Gasteiger partial charge in [-0.15, -0.1) is 0 Å². The minimum atomic E-state index is -0.364. The summed E-state index contributed by atoms with van der Waals surface area (Å²) in [7, 11) is 0. The van der Waals surface area contributed by atoms with Crippen LogP contribution in [0.15, 0.2) is 78.9 Å². The lowest BCUT2D eigenvalue weighted by atomic mass is 10.1. The fraction of sp³-hybridized carbons (Fsp3) is 0.160. The number of nitrogens with one attached hydrogen (secondary N) is 3. The molecule has 3 N–H and O–H groups in total. The summed E-state index contributed by atoms with van der Waals surface area (Å²) in [4.78, 5) is 24.6. The van der Waals surface area contributed by atoms with Crippen molar-refractivity contribution in [3.8, 4) is 5.75 Å². The standard InChI is InChI=1S/C25H25N3O3S/c1-2-26-23(29)19-12-14-20(15-13-19)27-25(32)28-24(30)21-10-6-7-11-22(21)31-17-16-18-8-4-3-5-9-18/h3-15H,2,16-17H2,1H3,(H,26,29)(H2,27,28,30,32). The molecule has 0 aromatic heterocycles. The molecule has 0 atom stereocenters. The highest BCUT2D eigenvalue weighted by molar-refractivity contribution is 7.80. The molecule has 3 aromatic rings. The van der Waals surface area contributed by atoms with Crippen LogP contribution in [-0.2, 0) is 6.42 Å². The minimum Gasteiger partial charge on any atom is -0.492 e. The molecule has 3 rings (SSSR count). The van der Waals surface area contributed by atoms with Gasteiger partial charge in [0, 0.05) is 24.2 Å². The van der Waals surface area contributed by atoms with Crippen molar-refractivity contribution in [2.75, 3.05) is 18.5 Å². The number of benzene rings is 3. The molecule has 164 valence electrons. The molecule has 0 fully saturated rings. The number of rotatable bonds is 8. The maximum Gasteiger partial charge on any atom is 0.261 e. The Kier molecular flexibility index (Phi) is 8.34.